The summed E-state index contributed by atoms with van der Waals surface area (Å²) in [6.45, 7) is 10.1. The number of hydrogen-bond acceptors (Lipinski definition) is 1. The van der Waals surface area contributed by atoms with E-state index in [1.165, 1.54) is 0 Å². The van der Waals surface area contributed by atoms with Gasteiger partial charge in [0.05, 0.1) is 0 Å². The van der Waals surface area contributed by atoms with Crippen molar-refractivity contribution in [3.05, 3.63) is 0 Å². The van der Waals surface area contributed by atoms with Crippen LogP contribution in [0, 0.1) is 5.92 Å². The molecule has 56 valence electrons. The lowest BCUT2D eigenvalue weighted by Crippen LogP contribution is -2.32. The topological polar surface area (TPSA) is 3.24 Å². The fourth-order valence-electron chi connectivity index (χ4n) is 0.797. The van der Waals surface area contributed by atoms with Crippen molar-refractivity contribution in [3.8, 4) is 0 Å². The van der Waals surface area contributed by atoms with E-state index in [9.17, 15) is 0 Å². The average molecular weight is 129 g/mol. The maximum absolute atomic E-state index is 2.37. The van der Waals surface area contributed by atoms with E-state index in [0.29, 0.717) is 0 Å². The van der Waals surface area contributed by atoms with Crippen LogP contribution in [0.2, 0.25) is 0 Å². The summed E-state index contributed by atoms with van der Waals surface area (Å²) in [6.07, 6.45) is 0. The molecule has 0 radical (unpaired) electrons. The molecule has 0 spiro atoms. The lowest BCUT2D eigenvalue weighted by atomic mass is 10.1. The summed E-state index contributed by atoms with van der Waals surface area (Å²) in [6, 6.07) is 0.718. The van der Waals surface area contributed by atoms with Crippen LogP contribution in [0.25, 0.3) is 0 Å². The quantitative estimate of drug-likeness (QED) is 0.563. The molecule has 1 atom stereocenters. The van der Waals surface area contributed by atoms with Crippen molar-refractivity contribution in [2.45, 2.75) is 33.7 Å². The van der Waals surface area contributed by atoms with Crippen molar-refractivity contribution < 1.29 is 0 Å². The molecule has 0 aromatic rings. The minimum atomic E-state index is 0.718. The van der Waals surface area contributed by atoms with Crippen molar-refractivity contribution >= 4 is 0 Å². The first-order valence-electron chi connectivity index (χ1n) is 3.79. The van der Waals surface area contributed by atoms with Gasteiger partial charge in [-0.1, -0.05) is 20.8 Å². The molecule has 1 heteroatoms. The zero-order valence-corrected chi connectivity index (χ0v) is 7.31. The van der Waals surface area contributed by atoms with Crippen molar-refractivity contribution in [1.82, 2.24) is 4.90 Å². The van der Waals surface area contributed by atoms with Gasteiger partial charge in [-0.25, -0.2) is 0 Å². The summed E-state index contributed by atoms with van der Waals surface area (Å²) in [5.74, 6) is 0.773. The van der Waals surface area contributed by atoms with E-state index in [1.54, 1.807) is 0 Å². The second-order valence-electron chi connectivity index (χ2n) is 3.06. The maximum Gasteiger partial charge on any atom is 0.00867 e. The number of nitrogens with zero attached hydrogens (tertiary/aromatic N) is 1. The zero-order chi connectivity index (χ0) is 7.44. The molecular weight excluding hydrogens is 110 g/mol. The predicted octanol–water partition coefficient (Wildman–Crippen LogP) is 1.98. The van der Waals surface area contributed by atoms with Gasteiger partial charge < -0.3 is 4.90 Å². The second kappa shape index (κ2) is 3.89. The summed E-state index contributed by atoms with van der Waals surface area (Å²) in [5.41, 5.74) is 0. The van der Waals surface area contributed by atoms with Gasteiger partial charge in [0.1, 0.15) is 0 Å². The van der Waals surface area contributed by atoms with E-state index >= 15 is 0 Å². The van der Waals surface area contributed by atoms with E-state index in [-0.39, 0.29) is 0 Å². The maximum atomic E-state index is 2.37. The molecule has 1 nitrogen and oxygen atoms in total. The fourth-order valence-corrected chi connectivity index (χ4v) is 0.797. The molecule has 0 aromatic heterocycles. The molecule has 0 amide bonds. The van der Waals surface area contributed by atoms with Crippen LogP contribution >= 0.6 is 0 Å². The minimum absolute atomic E-state index is 0.718. The molecule has 0 saturated carbocycles. The third-order valence-corrected chi connectivity index (χ3v) is 2.16. The molecule has 9 heavy (non-hydrogen) atoms. The average Bonchev–Trinajstić information content (AvgIpc) is 1.84. The Morgan fingerprint density at radius 3 is 1.78 bits per heavy atom. The Labute approximate surface area is 59.1 Å². The molecule has 0 bridgehead atoms. The zero-order valence-electron chi connectivity index (χ0n) is 7.31. The van der Waals surface area contributed by atoms with Gasteiger partial charge in [0, 0.05) is 6.04 Å². The van der Waals surface area contributed by atoms with Crippen molar-refractivity contribution in [2.24, 2.45) is 5.92 Å². The van der Waals surface area contributed by atoms with Gasteiger partial charge in [0.25, 0.3) is 0 Å². The SMILES string of the molecule is CCN(C)[C@H](C)C(C)C. The molecule has 0 aliphatic heterocycles. The fraction of sp³-hybridized carbons (Fsp3) is 1.00. The highest BCUT2D eigenvalue weighted by Gasteiger charge is 2.09. The van der Waals surface area contributed by atoms with Crippen LogP contribution in [0.3, 0.4) is 0 Å². The molecule has 0 N–H and O–H groups in total. The van der Waals surface area contributed by atoms with Crippen LogP contribution in [0.15, 0.2) is 0 Å². The minimum Gasteiger partial charge on any atom is -0.304 e. The van der Waals surface area contributed by atoms with Crippen LogP contribution in [0.5, 0.6) is 0 Å². The molecule has 0 fully saturated rings. The van der Waals surface area contributed by atoms with Crippen LogP contribution in [-0.4, -0.2) is 24.5 Å². The van der Waals surface area contributed by atoms with Gasteiger partial charge in [0.2, 0.25) is 0 Å². The highest BCUT2D eigenvalue weighted by Crippen LogP contribution is 2.06. The molecule has 0 aliphatic rings. The molecule has 0 unspecified atom stereocenters. The van der Waals surface area contributed by atoms with Crippen LogP contribution in [-0.2, 0) is 0 Å². The van der Waals surface area contributed by atoms with Crippen molar-refractivity contribution in [1.29, 1.82) is 0 Å². The van der Waals surface area contributed by atoms with E-state index in [1.807, 2.05) is 0 Å². The van der Waals surface area contributed by atoms with Crippen molar-refractivity contribution in [3.63, 3.8) is 0 Å². The first-order chi connectivity index (χ1) is 4.09. The Bertz CT molecular complexity index is 69.0. The molecule has 0 aliphatic carbocycles. The van der Waals surface area contributed by atoms with Gasteiger partial charge in [-0.3, -0.25) is 0 Å². The Balaban J connectivity index is 3.58. The van der Waals surface area contributed by atoms with Gasteiger partial charge in [-0.05, 0) is 26.4 Å². The van der Waals surface area contributed by atoms with E-state index in [2.05, 4.69) is 39.6 Å². The number of hydrogen-bond donors (Lipinski definition) is 0. The predicted molar refractivity (Wildman–Crippen MR) is 42.6 cm³/mol. The smallest absolute Gasteiger partial charge is 0.00867 e. The Hall–Kier alpha value is -0.0400. The first kappa shape index (κ1) is 8.96. The summed E-state index contributed by atoms with van der Waals surface area (Å²) >= 11 is 0. The third kappa shape index (κ3) is 2.85. The monoisotopic (exact) mass is 129 g/mol. The van der Waals surface area contributed by atoms with Crippen LogP contribution in [0.1, 0.15) is 27.7 Å². The third-order valence-electron chi connectivity index (χ3n) is 2.16. The van der Waals surface area contributed by atoms with Gasteiger partial charge in [-0.2, -0.15) is 0 Å². The van der Waals surface area contributed by atoms with Gasteiger partial charge in [0.15, 0.2) is 0 Å². The number of rotatable bonds is 3. The first-order valence-corrected chi connectivity index (χ1v) is 3.79. The van der Waals surface area contributed by atoms with E-state index in [4.69, 9.17) is 0 Å². The van der Waals surface area contributed by atoms with Crippen LogP contribution in [0.4, 0.5) is 0 Å². The summed E-state index contributed by atoms with van der Waals surface area (Å²) in [7, 11) is 2.17. The molecular formula is C8H19N. The Kier molecular flexibility index (Phi) is 3.87. The van der Waals surface area contributed by atoms with E-state index in [0.717, 1.165) is 18.5 Å². The second-order valence-corrected chi connectivity index (χ2v) is 3.06. The molecule has 0 heterocycles. The Morgan fingerprint density at radius 2 is 1.67 bits per heavy atom. The highest BCUT2D eigenvalue weighted by molar-refractivity contribution is 4.64. The standard InChI is InChI=1S/C8H19N/c1-6-9(5)8(4)7(2)3/h7-8H,6H2,1-5H3/t8-/m1/s1. The molecule has 0 saturated heterocycles. The lowest BCUT2D eigenvalue weighted by Gasteiger charge is -2.26. The van der Waals surface area contributed by atoms with E-state index < -0.39 is 0 Å². The summed E-state index contributed by atoms with van der Waals surface area (Å²) in [4.78, 5) is 2.37. The van der Waals surface area contributed by atoms with Gasteiger partial charge in [-0.15, -0.1) is 0 Å². The Morgan fingerprint density at radius 1 is 1.22 bits per heavy atom. The normalized spacial score (nSPS) is 15.0. The molecule has 0 aromatic carbocycles. The summed E-state index contributed by atoms with van der Waals surface area (Å²) in [5, 5.41) is 0. The summed E-state index contributed by atoms with van der Waals surface area (Å²) < 4.78 is 0. The van der Waals surface area contributed by atoms with Crippen molar-refractivity contribution in [2.75, 3.05) is 13.6 Å². The lowest BCUT2D eigenvalue weighted by molar-refractivity contribution is 0.218. The van der Waals surface area contributed by atoms with Crippen LogP contribution < -0.4 is 0 Å². The largest absolute Gasteiger partial charge is 0.304 e. The van der Waals surface area contributed by atoms with Gasteiger partial charge >= 0.3 is 0 Å². The highest BCUT2D eigenvalue weighted by atomic mass is 15.1. The molecule has 0 rings (SSSR count).